The summed E-state index contributed by atoms with van der Waals surface area (Å²) >= 11 is 0. The highest BCUT2D eigenvalue weighted by molar-refractivity contribution is 5.70. The lowest BCUT2D eigenvalue weighted by Gasteiger charge is -2.09. The average Bonchev–Trinajstić information content (AvgIpc) is 2.59. The third kappa shape index (κ3) is 3.61. The molecular weight excluding hydrogens is 296 g/mol. The molecule has 3 rings (SSSR count). The molecular formula is C21H18N2O. The van der Waals surface area contributed by atoms with Gasteiger partial charge in [-0.05, 0) is 36.6 Å². The summed E-state index contributed by atoms with van der Waals surface area (Å²) in [6.45, 7) is 4.42. The van der Waals surface area contributed by atoms with Crippen molar-refractivity contribution in [2.75, 3.05) is 0 Å². The molecule has 0 bridgehead atoms. The van der Waals surface area contributed by atoms with E-state index < -0.39 is 0 Å². The van der Waals surface area contributed by atoms with Crippen LogP contribution in [0.15, 0.2) is 60.7 Å². The summed E-state index contributed by atoms with van der Waals surface area (Å²) in [7, 11) is 0. The highest BCUT2D eigenvalue weighted by Gasteiger charge is 2.04. The van der Waals surface area contributed by atoms with E-state index in [1.807, 2.05) is 74.5 Å². The molecule has 0 N–H and O–H groups in total. The highest BCUT2D eigenvalue weighted by Crippen LogP contribution is 2.24. The predicted octanol–water partition coefficient (Wildman–Crippen LogP) is 4.82. The van der Waals surface area contributed by atoms with Gasteiger partial charge in [-0.15, -0.1) is 0 Å². The van der Waals surface area contributed by atoms with Gasteiger partial charge in [0.2, 0.25) is 0 Å². The van der Waals surface area contributed by atoms with Crippen molar-refractivity contribution in [3.63, 3.8) is 0 Å². The fraction of sp³-hybridized carbons (Fsp3) is 0.143. The number of hydrogen-bond donors (Lipinski definition) is 0. The monoisotopic (exact) mass is 314 g/mol. The Morgan fingerprint density at radius 2 is 1.62 bits per heavy atom. The van der Waals surface area contributed by atoms with Crippen LogP contribution in [0, 0.1) is 25.2 Å². The molecule has 1 heterocycles. The zero-order valence-electron chi connectivity index (χ0n) is 13.8. The number of ether oxygens (including phenoxy) is 1. The Morgan fingerprint density at radius 3 is 2.29 bits per heavy atom. The van der Waals surface area contributed by atoms with Crippen molar-refractivity contribution >= 4 is 0 Å². The Bertz CT molecular complexity index is 872. The summed E-state index contributed by atoms with van der Waals surface area (Å²) in [6.07, 6.45) is 0. The van der Waals surface area contributed by atoms with E-state index >= 15 is 0 Å². The zero-order valence-corrected chi connectivity index (χ0v) is 13.8. The second-order valence-corrected chi connectivity index (χ2v) is 5.73. The molecule has 3 heteroatoms. The van der Waals surface area contributed by atoms with E-state index in [0.717, 1.165) is 33.8 Å². The molecule has 0 saturated heterocycles. The van der Waals surface area contributed by atoms with Crippen LogP contribution < -0.4 is 4.74 Å². The van der Waals surface area contributed by atoms with E-state index in [2.05, 4.69) is 11.1 Å². The van der Waals surface area contributed by atoms with Gasteiger partial charge >= 0.3 is 0 Å². The van der Waals surface area contributed by atoms with Crippen molar-refractivity contribution in [3.05, 3.63) is 83.2 Å². The van der Waals surface area contributed by atoms with Crippen molar-refractivity contribution in [2.24, 2.45) is 0 Å². The molecule has 24 heavy (non-hydrogen) atoms. The Balaban J connectivity index is 1.74. The molecule has 0 saturated carbocycles. The topological polar surface area (TPSA) is 45.9 Å². The summed E-state index contributed by atoms with van der Waals surface area (Å²) in [5.41, 5.74) is 5.66. The number of aryl methyl sites for hydroxylation is 2. The van der Waals surface area contributed by atoms with E-state index in [1.54, 1.807) is 0 Å². The predicted molar refractivity (Wildman–Crippen MR) is 94.6 cm³/mol. The van der Waals surface area contributed by atoms with Crippen LogP contribution in [0.1, 0.15) is 22.5 Å². The first-order chi connectivity index (χ1) is 11.7. The Labute approximate surface area is 142 Å². The number of hydrogen-bond acceptors (Lipinski definition) is 3. The van der Waals surface area contributed by atoms with Gasteiger partial charge in [-0.1, -0.05) is 42.5 Å². The van der Waals surface area contributed by atoms with E-state index in [0.29, 0.717) is 12.2 Å². The molecule has 0 aliphatic heterocycles. The summed E-state index contributed by atoms with van der Waals surface area (Å²) in [4.78, 5) is 4.34. The van der Waals surface area contributed by atoms with Gasteiger partial charge in [0.1, 0.15) is 12.4 Å². The summed E-state index contributed by atoms with van der Waals surface area (Å²) in [5, 5.41) is 9.21. The van der Waals surface area contributed by atoms with Crippen LogP contribution in [-0.2, 0) is 6.61 Å². The number of benzene rings is 2. The molecule has 3 aromatic rings. The summed E-state index contributed by atoms with van der Waals surface area (Å²) in [6, 6.07) is 21.8. The third-order valence-electron chi connectivity index (χ3n) is 3.77. The van der Waals surface area contributed by atoms with Gasteiger partial charge < -0.3 is 4.74 Å². The quantitative estimate of drug-likeness (QED) is 0.694. The molecule has 0 aliphatic rings. The standard InChI is InChI=1S/C21H18N2O/c1-15-11-20(12-16(2)23-15)24-14-17-7-9-18(10-8-17)21-6-4-3-5-19(21)13-22/h3-12H,14H2,1-2H3. The molecule has 0 aliphatic carbocycles. The van der Waals surface area contributed by atoms with Crippen molar-refractivity contribution in [2.45, 2.75) is 20.5 Å². The van der Waals surface area contributed by atoms with E-state index in [1.165, 1.54) is 0 Å². The molecule has 0 fully saturated rings. The van der Waals surface area contributed by atoms with Gasteiger partial charge in [-0.2, -0.15) is 5.26 Å². The largest absolute Gasteiger partial charge is 0.489 e. The van der Waals surface area contributed by atoms with Gasteiger partial charge in [0, 0.05) is 23.5 Å². The molecule has 2 aromatic carbocycles. The van der Waals surface area contributed by atoms with Crippen molar-refractivity contribution < 1.29 is 4.74 Å². The van der Waals surface area contributed by atoms with Crippen LogP contribution in [0.3, 0.4) is 0 Å². The lowest BCUT2D eigenvalue weighted by molar-refractivity contribution is 0.305. The van der Waals surface area contributed by atoms with Crippen LogP contribution in [-0.4, -0.2) is 4.98 Å². The Morgan fingerprint density at radius 1 is 0.958 bits per heavy atom. The van der Waals surface area contributed by atoms with Gasteiger partial charge in [0.15, 0.2) is 0 Å². The van der Waals surface area contributed by atoms with E-state index in [-0.39, 0.29) is 0 Å². The molecule has 0 radical (unpaired) electrons. The molecule has 118 valence electrons. The average molecular weight is 314 g/mol. The summed E-state index contributed by atoms with van der Waals surface area (Å²) in [5.74, 6) is 0.832. The first kappa shape index (κ1) is 15.8. The molecule has 0 unspecified atom stereocenters. The second-order valence-electron chi connectivity index (χ2n) is 5.73. The van der Waals surface area contributed by atoms with Gasteiger partial charge in [-0.3, -0.25) is 4.98 Å². The van der Waals surface area contributed by atoms with Crippen LogP contribution >= 0.6 is 0 Å². The van der Waals surface area contributed by atoms with E-state index in [9.17, 15) is 5.26 Å². The molecule has 3 nitrogen and oxygen atoms in total. The minimum absolute atomic E-state index is 0.503. The summed E-state index contributed by atoms with van der Waals surface area (Å²) < 4.78 is 5.85. The SMILES string of the molecule is Cc1cc(OCc2ccc(-c3ccccc3C#N)cc2)cc(C)n1. The van der Waals surface area contributed by atoms with Crippen LogP contribution in [0.25, 0.3) is 11.1 Å². The Kier molecular flexibility index (Phi) is 4.58. The number of aromatic nitrogens is 1. The number of rotatable bonds is 4. The smallest absolute Gasteiger partial charge is 0.123 e. The fourth-order valence-electron chi connectivity index (χ4n) is 2.66. The fourth-order valence-corrected chi connectivity index (χ4v) is 2.66. The first-order valence-electron chi connectivity index (χ1n) is 7.82. The lowest BCUT2D eigenvalue weighted by atomic mass is 9.99. The van der Waals surface area contributed by atoms with Crippen molar-refractivity contribution in [1.82, 2.24) is 4.98 Å². The van der Waals surface area contributed by atoms with Gasteiger partial charge in [-0.25, -0.2) is 0 Å². The van der Waals surface area contributed by atoms with Gasteiger partial charge in [0.05, 0.1) is 11.6 Å². The number of pyridine rings is 1. The molecule has 0 spiro atoms. The number of nitriles is 1. The van der Waals surface area contributed by atoms with E-state index in [4.69, 9.17) is 4.74 Å². The third-order valence-corrected chi connectivity index (χ3v) is 3.77. The minimum atomic E-state index is 0.503. The first-order valence-corrected chi connectivity index (χ1v) is 7.82. The second kappa shape index (κ2) is 6.97. The van der Waals surface area contributed by atoms with Crippen LogP contribution in [0.2, 0.25) is 0 Å². The molecule has 0 atom stereocenters. The zero-order chi connectivity index (χ0) is 16.9. The Hall–Kier alpha value is -3.12. The van der Waals surface area contributed by atoms with Crippen molar-refractivity contribution in [1.29, 1.82) is 5.26 Å². The number of nitrogens with zero attached hydrogens (tertiary/aromatic N) is 2. The molecule has 0 amide bonds. The normalized spacial score (nSPS) is 10.2. The maximum absolute atomic E-state index is 9.21. The van der Waals surface area contributed by atoms with Crippen LogP contribution in [0.4, 0.5) is 0 Å². The maximum Gasteiger partial charge on any atom is 0.123 e. The van der Waals surface area contributed by atoms with Crippen LogP contribution in [0.5, 0.6) is 5.75 Å². The maximum atomic E-state index is 9.21. The lowest BCUT2D eigenvalue weighted by Crippen LogP contribution is -1.97. The minimum Gasteiger partial charge on any atom is -0.489 e. The molecule has 1 aromatic heterocycles. The van der Waals surface area contributed by atoms with Gasteiger partial charge in [0.25, 0.3) is 0 Å². The van der Waals surface area contributed by atoms with Crippen molar-refractivity contribution in [3.8, 4) is 22.9 Å². The highest BCUT2D eigenvalue weighted by atomic mass is 16.5.